The summed E-state index contributed by atoms with van der Waals surface area (Å²) in [6, 6.07) is 6.85. The Kier molecular flexibility index (Phi) is 3.09. The number of nitrogens with two attached hydrogens (primary N) is 1. The lowest BCUT2D eigenvalue weighted by Crippen LogP contribution is -2.33. The molecule has 0 aliphatic heterocycles. The van der Waals surface area contributed by atoms with E-state index in [-0.39, 0.29) is 0 Å². The molecule has 1 atom stereocenters. The van der Waals surface area contributed by atoms with Crippen LogP contribution in [-0.2, 0) is 11.2 Å². The van der Waals surface area contributed by atoms with Crippen LogP contribution in [0.25, 0.3) is 0 Å². The zero-order valence-corrected chi connectivity index (χ0v) is 7.53. The van der Waals surface area contributed by atoms with Crippen molar-refractivity contribution in [3.63, 3.8) is 0 Å². The number of carbonyl (C=O) groups is 1. The molecule has 1 aromatic carbocycles. The molecular weight excluding hydrogens is 165 g/mol. The highest BCUT2D eigenvalue weighted by molar-refractivity contribution is 6.33. The van der Waals surface area contributed by atoms with E-state index in [1.54, 1.807) is 0 Å². The van der Waals surface area contributed by atoms with Gasteiger partial charge in [-0.05, 0) is 6.42 Å². The number of benzene rings is 1. The van der Waals surface area contributed by atoms with Crippen molar-refractivity contribution < 1.29 is 9.90 Å². The zero-order valence-electron chi connectivity index (χ0n) is 7.53. The van der Waals surface area contributed by atoms with Crippen LogP contribution in [-0.4, -0.2) is 25.0 Å². The van der Waals surface area contributed by atoms with Crippen LogP contribution in [0.1, 0.15) is 5.56 Å². The molecule has 0 amide bonds. The van der Waals surface area contributed by atoms with Crippen LogP contribution in [0.4, 0.5) is 0 Å². The van der Waals surface area contributed by atoms with Crippen LogP contribution in [0.5, 0.6) is 0 Å². The molecule has 0 aliphatic carbocycles. The third-order valence-corrected chi connectivity index (χ3v) is 2.02. The maximum Gasteiger partial charge on any atom is 0.320 e. The smallest absolute Gasteiger partial charge is 0.320 e. The van der Waals surface area contributed by atoms with E-state index >= 15 is 0 Å². The van der Waals surface area contributed by atoms with Crippen molar-refractivity contribution in [3.8, 4) is 0 Å². The van der Waals surface area contributed by atoms with Gasteiger partial charge in [0.25, 0.3) is 0 Å². The topological polar surface area (TPSA) is 63.3 Å². The Labute approximate surface area is 78.0 Å². The fourth-order valence-electron chi connectivity index (χ4n) is 1.16. The Balaban J connectivity index is 2.74. The summed E-state index contributed by atoms with van der Waals surface area (Å²) < 4.78 is 0. The fraction of sp³-hybridized carbons (Fsp3) is 0.222. The van der Waals surface area contributed by atoms with Crippen molar-refractivity contribution in [1.29, 1.82) is 0 Å². The third-order valence-electron chi connectivity index (χ3n) is 2.02. The molecule has 1 aromatic rings. The molecule has 3 nitrogen and oxygen atoms in total. The molecule has 1 rings (SSSR count). The Hall–Kier alpha value is -1.29. The van der Waals surface area contributed by atoms with Gasteiger partial charge in [-0.25, -0.2) is 0 Å². The molecule has 0 saturated carbocycles. The van der Waals surface area contributed by atoms with Gasteiger partial charge in [0, 0.05) is 0 Å². The highest BCUT2D eigenvalue weighted by Crippen LogP contribution is 1.98. The average Bonchev–Trinajstić information content (AvgIpc) is 2.08. The second kappa shape index (κ2) is 4.09. The predicted octanol–water partition coefficient (Wildman–Crippen LogP) is -1.10. The third kappa shape index (κ3) is 2.59. The second-order valence-electron chi connectivity index (χ2n) is 3.08. The van der Waals surface area contributed by atoms with Crippen LogP contribution in [0.3, 0.4) is 0 Å². The lowest BCUT2D eigenvalue weighted by Gasteiger charge is -2.08. The Morgan fingerprint density at radius 1 is 1.54 bits per heavy atom. The van der Waals surface area contributed by atoms with Gasteiger partial charge < -0.3 is 10.8 Å². The number of rotatable bonds is 3. The second-order valence-corrected chi connectivity index (χ2v) is 3.08. The lowest BCUT2D eigenvalue weighted by molar-refractivity contribution is -0.138. The van der Waals surface area contributed by atoms with E-state index in [1.165, 1.54) is 0 Å². The Morgan fingerprint density at radius 3 is 2.69 bits per heavy atom. The summed E-state index contributed by atoms with van der Waals surface area (Å²) in [4.78, 5) is 10.5. The highest BCUT2D eigenvalue weighted by atomic mass is 16.4. The number of carboxylic acid groups (broad SMARTS) is 1. The van der Waals surface area contributed by atoms with Gasteiger partial charge in [0.2, 0.25) is 0 Å². The van der Waals surface area contributed by atoms with Crippen LogP contribution >= 0.6 is 0 Å². The first kappa shape index (κ1) is 9.80. The Morgan fingerprint density at radius 2 is 2.15 bits per heavy atom. The van der Waals surface area contributed by atoms with E-state index in [0.717, 1.165) is 11.0 Å². The first-order valence-corrected chi connectivity index (χ1v) is 4.14. The maximum absolute atomic E-state index is 10.5. The molecule has 0 aliphatic rings. The quantitative estimate of drug-likeness (QED) is 0.576. The lowest BCUT2D eigenvalue weighted by atomic mass is 9.88. The molecule has 0 fully saturated rings. The molecule has 68 valence electrons. The molecule has 0 saturated heterocycles. The van der Waals surface area contributed by atoms with Crippen molar-refractivity contribution in [2.45, 2.75) is 12.5 Å². The van der Waals surface area contributed by atoms with Crippen molar-refractivity contribution >= 4 is 19.3 Å². The molecule has 0 radical (unpaired) electrons. The summed E-state index contributed by atoms with van der Waals surface area (Å²) in [6.45, 7) is 0. The molecule has 4 heteroatoms. The molecule has 0 aromatic heterocycles. The van der Waals surface area contributed by atoms with Crippen molar-refractivity contribution in [2.75, 3.05) is 0 Å². The average molecular weight is 177 g/mol. The summed E-state index contributed by atoms with van der Waals surface area (Å²) in [5.74, 6) is -0.955. The van der Waals surface area contributed by atoms with Gasteiger partial charge in [-0.3, -0.25) is 4.79 Å². The monoisotopic (exact) mass is 177 g/mol. The Bertz CT molecular complexity index is 314. The van der Waals surface area contributed by atoms with Crippen LogP contribution in [0, 0.1) is 0 Å². The maximum atomic E-state index is 10.5. The van der Waals surface area contributed by atoms with Crippen molar-refractivity contribution in [2.24, 2.45) is 5.73 Å². The zero-order chi connectivity index (χ0) is 9.84. The summed E-state index contributed by atoms with van der Waals surface area (Å²) in [5, 5.41) is 8.61. The molecule has 0 unspecified atom stereocenters. The molecular formula is C9H12BNO2. The first-order valence-electron chi connectivity index (χ1n) is 4.14. The summed E-state index contributed by atoms with van der Waals surface area (Å²) in [6.07, 6.45) is 0.391. The van der Waals surface area contributed by atoms with E-state index in [2.05, 4.69) is 0 Å². The van der Waals surface area contributed by atoms with Crippen LogP contribution in [0.15, 0.2) is 24.3 Å². The van der Waals surface area contributed by atoms with E-state index in [1.807, 2.05) is 32.1 Å². The van der Waals surface area contributed by atoms with Gasteiger partial charge in [-0.2, -0.15) is 0 Å². The highest BCUT2D eigenvalue weighted by Gasteiger charge is 2.12. The van der Waals surface area contributed by atoms with Gasteiger partial charge >= 0.3 is 5.97 Å². The minimum absolute atomic E-state index is 0.391. The largest absolute Gasteiger partial charge is 0.480 e. The van der Waals surface area contributed by atoms with Gasteiger partial charge in [0.05, 0.1) is 0 Å². The molecule has 0 spiro atoms. The summed E-state index contributed by atoms with van der Waals surface area (Å²) >= 11 is 0. The molecule has 13 heavy (non-hydrogen) atoms. The predicted molar refractivity (Wildman–Crippen MR) is 53.9 cm³/mol. The van der Waals surface area contributed by atoms with Gasteiger partial charge in [-0.15, -0.1) is 0 Å². The van der Waals surface area contributed by atoms with Crippen molar-refractivity contribution in [3.05, 3.63) is 29.8 Å². The molecule has 0 heterocycles. The van der Waals surface area contributed by atoms with E-state index in [9.17, 15) is 4.79 Å². The minimum Gasteiger partial charge on any atom is -0.480 e. The van der Waals surface area contributed by atoms with Gasteiger partial charge in [0.15, 0.2) is 0 Å². The summed E-state index contributed by atoms with van der Waals surface area (Å²) in [5.41, 5.74) is 7.50. The van der Waals surface area contributed by atoms with E-state index in [0.29, 0.717) is 6.42 Å². The number of hydrogen-bond donors (Lipinski definition) is 2. The fourth-order valence-corrected chi connectivity index (χ4v) is 1.16. The van der Waals surface area contributed by atoms with Gasteiger partial charge in [0.1, 0.15) is 13.9 Å². The number of hydrogen-bond acceptors (Lipinski definition) is 2. The SMILES string of the molecule is Bc1ccccc1C[C@H](N)C(=O)O. The van der Waals surface area contributed by atoms with Crippen LogP contribution < -0.4 is 11.2 Å². The molecule has 0 bridgehead atoms. The van der Waals surface area contributed by atoms with Gasteiger partial charge in [-0.1, -0.05) is 35.3 Å². The number of carboxylic acids is 1. The molecule has 3 N–H and O–H groups in total. The van der Waals surface area contributed by atoms with Crippen LogP contribution in [0.2, 0.25) is 0 Å². The first-order chi connectivity index (χ1) is 6.11. The minimum atomic E-state index is -0.955. The van der Waals surface area contributed by atoms with E-state index in [4.69, 9.17) is 10.8 Å². The number of aliphatic carboxylic acids is 1. The summed E-state index contributed by atoms with van der Waals surface area (Å²) in [7, 11) is 1.95. The van der Waals surface area contributed by atoms with Crippen molar-refractivity contribution in [1.82, 2.24) is 0 Å². The standard InChI is InChI=1S/C9H12BNO2/c10-7-4-2-1-3-6(7)5-8(11)9(12)13/h1-4,8H,5,10-11H2,(H,12,13)/t8-/m0/s1. The normalized spacial score (nSPS) is 12.4. The van der Waals surface area contributed by atoms with E-state index < -0.39 is 12.0 Å².